The number of amides is 1. The van der Waals surface area contributed by atoms with Gasteiger partial charge in [0.25, 0.3) is 5.92 Å². The van der Waals surface area contributed by atoms with Crippen LogP contribution < -0.4 is 5.32 Å². The third-order valence-corrected chi connectivity index (χ3v) is 11.6. The summed E-state index contributed by atoms with van der Waals surface area (Å²) >= 11 is 5.88. The van der Waals surface area contributed by atoms with Crippen molar-refractivity contribution in [2.24, 2.45) is 16.3 Å². The first-order valence-electron chi connectivity index (χ1n) is 14.2. The number of halogens is 4. The highest BCUT2D eigenvalue weighted by molar-refractivity contribution is 7.89. The number of amidine groups is 1. The summed E-state index contributed by atoms with van der Waals surface area (Å²) in [5.41, 5.74) is -0.655. The molecule has 2 aliphatic heterocycles. The first-order valence-corrected chi connectivity index (χ1v) is 16.1. The molecule has 2 bridgehead atoms. The van der Waals surface area contributed by atoms with E-state index in [0.717, 1.165) is 0 Å². The standard InChI is InChI=1S/C30H34ClF3N4O3S/c1-28(2)25(26(39)37-12-10-30(33,34)11-13-37)35-27(36-28)29-15-20(16-29)24(17-29)38(18-19-8-9-22(31)23(32)14-19)42(40,41)21-6-4-3-5-7-21/h3-9,14,20,24-25H,10-13,15-18H2,1-2H3,(H,35,36)/t20?,24-,25+,29?/m1/s1. The van der Waals surface area contributed by atoms with E-state index in [4.69, 9.17) is 16.6 Å². The zero-order valence-electron chi connectivity index (χ0n) is 23.5. The number of hydrogen-bond acceptors (Lipinski definition) is 5. The first kappa shape index (κ1) is 29.4. The molecule has 7 nitrogen and oxygen atoms in total. The highest BCUT2D eigenvalue weighted by atomic mass is 35.5. The van der Waals surface area contributed by atoms with Gasteiger partial charge in [0, 0.05) is 43.9 Å². The minimum absolute atomic E-state index is 0.00381. The van der Waals surface area contributed by atoms with Gasteiger partial charge in [0.05, 0.1) is 15.5 Å². The third-order valence-electron chi connectivity index (χ3n) is 9.42. The van der Waals surface area contributed by atoms with E-state index in [1.165, 1.54) is 21.3 Å². The number of sulfonamides is 1. The van der Waals surface area contributed by atoms with Crippen LogP contribution in [-0.2, 0) is 21.4 Å². The van der Waals surface area contributed by atoms with E-state index in [1.54, 1.807) is 36.4 Å². The Hall–Kier alpha value is -2.63. The van der Waals surface area contributed by atoms with E-state index in [2.05, 4.69) is 5.32 Å². The number of aliphatic imine (C=N–C) groups is 1. The molecule has 1 amide bonds. The Kier molecular flexibility index (Phi) is 7.17. The molecule has 3 aliphatic carbocycles. The summed E-state index contributed by atoms with van der Waals surface area (Å²) in [7, 11) is -3.94. The van der Waals surface area contributed by atoms with Crippen molar-refractivity contribution in [1.82, 2.24) is 14.5 Å². The molecule has 2 aromatic rings. The molecular formula is C30H34ClF3N4O3S. The maximum atomic E-state index is 14.3. The normalized spacial score (nSPS) is 29.6. The third kappa shape index (κ3) is 5.11. The molecule has 7 rings (SSSR count). The Morgan fingerprint density at radius 1 is 1.10 bits per heavy atom. The fourth-order valence-electron chi connectivity index (χ4n) is 7.06. The largest absolute Gasteiger partial charge is 0.366 e. The van der Waals surface area contributed by atoms with Gasteiger partial charge in [0.1, 0.15) is 11.7 Å². The Morgan fingerprint density at radius 2 is 1.76 bits per heavy atom. The number of carbonyl (C=O) groups excluding carboxylic acids is 1. The van der Waals surface area contributed by atoms with Gasteiger partial charge < -0.3 is 10.2 Å². The molecule has 0 spiro atoms. The summed E-state index contributed by atoms with van der Waals surface area (Å²) in [5.74, 6) is -2.89. The van der Waals surface area contributed by atoms with Gasteiger partial charge in [-0.2, -0.15) is 4.31 Å². The highest BCUT2D eigenvalue weighted by Crippen LogP contribution is 2.62. The lowest BCUT2D eigenvalue weighted by molar-refractivity contribution is -0.139. The molecule has 0 aromatic heterocycles. The number of carbonyl (C=O) groups is 1. The molecule has 2 atom stereocenters. The Labute approximate surface area is 249 Å². The maximum absolute atomic E-state index is 14.3. The van der Waals surface area contributed by atoms with Crippen LogP contribution >= 0.6 is 11.6 Å². The molecule has 2 heterocycles. The summed E-state index contributed by atoms with van der Waals surface area (Å²) in [6, 6.07) is 11.4. The van der Waals surface area contributed by atoms with Crippen LogP contribution in [0.1, 0.15) is 51.5 Å². The van der Waals surface area contributed by atoms with Gasteiger partial charge >= 0.3 is 0 Å². The monoisotopic (exact) mass is 622 g/mol. The van der Waals surface area contributed by atoms with E-state index < -0.39 is 38.8 Å². The van der Waals surface area contributed by atoms with Gasteiger partial charge in [0.2, 0.25) is 15.9 Å². The van der Waals surface area contributed by atoms with Crippen molar-refractivity contribution < 1.29 is 26.4 Å². The predicted octanol–water partition coefficient (Wildman–Crippen LogP) is 5.25. The zero-order chi connectivity index (χ0) is 30.1. The second-order valence-corrected chi connectivity index (χ2v) is 15.0. The predicted molar refractivity (Wildman–Crippen MR) is 153 cm³/mol. The summed E-state index contributed by atoms with van der Waals surface area (Å²) in [5, 5.41) is 3.42. The second kappa shape index (κ2) is 10.2. The van der Waals surface area contributed by atoms with Crippen LogP contribution in [-0.4, -0.2) is 66.0 Å². The molecule has 5 aliphatic rings. The Balaban J connectivity index is 1.27. The van der Waals surface area contributed by atoms with Crippen LogP contribution in [0.25, 0.3) is 0 Å². The fraction of sp³-hybridized carbons (Fsp3) is 0.533. The molecule has 12 heteroatoms. The topological polar surface area (TPSA) is 82.1 Å². The van der Waals surface area contributed by atoms with Gasteiger partial charge in [-0.15, -0.1) is 0 Å². The molecule has 226 valence electrons. The van der Waals surface area contributed by atoms with Crippen molar-refractivity contribution in [2.75, 3.05) is 13.1 Å². The van der Waals surface area contributed by atoms with E-state index in [1.807, 2.05) is 13.8 Å². The molecule has 0 unspecified atom stereocenters. The lowest BCUT2D eigenvalue weighted by Gasteiger charge is -2.40. The number of likely N-dealkylation sites (tertiary alicyclic amines) is 1. The molecule has 0 radical (unpaired) electrons. The Morgan fingerprint density at radius 3 is 2.40 bits per heavy atom. The minimum Gasteiger partial charge on any atom is -0.366 e. The van der Waals surface area contributed by atoms with E-state index in [9.17, 15) is 26.4 Å². The number of fused-ring (bicyclic) bond motifs is 1. The molecule has 1 saturated heterocycles. The van der Waals surface area contributed by atoms with E-state index in [0.29, 0.717) is 30.7 Å². The Bertz CT molecular complexity index is 1520. The van der Waals surface area contributed by atoms with Gasteiger partial charge in [-0.25, -0.2) is 21.6 Å². The minimum atomic E-state index is -3.94. The lowest BCUT2D eigenvalue weighted by Crippen LogP contribution is -2.55. The SMILES string of the molecule is CC1(C)NC(C23CC(C2)[C@H](N(Cc2ccc(Cl)c(F)c2)S(=O)(=O)c2ccccc2)C3)=N[C@H]1C(=O)N1CCC(F)(F)CC1. The maximum Gasteiger partial charge on any atom is 0.251 e. The van der Waals surface area contributed by atoms with Gasteiger partial charge in [0.15, 0.2) is 6.04 Å². The zero-order valence-corrected chi connectivity index (χ0v) is 25.1. The smallest absolute Gasteiger partial charge is 0.251 e. The summed E-state index contributed by atoms with van der Waals surface area (Å²) in [4.78, 5) is 19.9. The summed E-state index contributed by atoms with van der Waals surface area (Å²) in [6.45, 7) is 3.73. The lowest BCUT2D eigenvalue weighted by atomic mass is 9.68. The van der Waals surface area contributed by atoms with Crippen molar-refractivity contribution >= 4 is 33.4 Å². The number of benzene rings is 2. The van der Waals surface area contributed by atoms with Crippen LogP contribution in [0, 0.1) is 17.2 Å². The molecule has 42 heavy (non-hydrogen) atoms. The molecule has 1 N–H and O–H groups in total. The summed E-state index contributed by atoms with van der Waals surface area (Å²) in [6.07, 6.45) is 1.19. The van der Waals surface area contributed by atoms with Gasteiger partial charge in [-0.1, -0.05) is 35.9 Å². The van der Waals surface area contributed by atoms with Crippen LogP contribution in [0.15, 0.2) is 58.4 Å². The number of rotatable bonds is 7. The van der Waals surface area contributed by atoms with Crippen molar-refractivity contribution in [3.05, 3.63) is 64.9 Å². The average molecular weight is 623 g/mol. The van der Waals surface area contributed by atoms with E-state index >= 15 is 0 Å². The van der Waals surface area contributed by atoms with Crippen LogP contribution in [0.2, 0.25) is 5.02 Å². The fourth-order valence-corrected chi connectivity index (χ4v) is 8.87. The van der Waals surface area contributed by atoms with Crippen molar-refractivity contribution in [1.29, 1.82) is 0 Å². The number of nitrogens with one attached hydrogen (secondary N) is 1. The van der Waals surface area contributed by atoms with E-state index in [-0.39, 0.29) is 60.3 Å². The van der Waals surface area contributed by atoms with Crippen molar-refractivity contribution in [2.45, 2.75) is 80.9 Å². The summed E-state index contributed by atoms with van der Waals surface area (Å²) < 4.78 is 71.2. The first-order chi connectivity index (χ1) is 19.7. The molecular weight excluding hydrogens is 589 g/mol. The van der Waals surface area contributed by atoms with Crippen LogP contribution in [0.5, 0.6) is 0 Å². The molecule has 2 aromatic carbocycles. The number of nitrogens with zero attached hydrogens (tertiary/aromatic N) is 3. The molecule has 3 saturated carbocycles. The number of piperidine rings is 1. The molecule has 4 fully saturated rings. The van der Waals surface area contributed by atoms with Crippen molar-refractivity contribution in [3.63, 3.8) is 0 Å². The number of alkyl halides is 2. The van der Waals surface area contributed by atoms with Crippen LogP contribution in [0.4, 0.5) is 13.2 Å². The average Bonchev–Trinajstić information content (AvgIpc) is 3.58. The van der Waals surface area contributed by atoms with Crippen molar-refractivity contribution in [3.8, 4) is 0 Å². The van der Waals surface area contributed by atoms with Gasteiger partial charge in [-0.3, -0.25) is 9.79 Å². The second-order valence-electron chi connectivity index (χ2n) is 12.7. The van der Waals surface area contributed by atoms with Gasteiger partial charge in [-0.05, 0) is 68.9 Å². The van der Waals surface area contributed by atoms with Crippen LogP contribution in [0.3, 0.4) is 0 Å². The quantitative estimate of drug-likeness (QED) is 0.458. The number of hydrogen-bond donors (Lipinski definition) is 1. The highest BCUT2D eigenvalue weighted by Gasteiger charge is 2.63.